The minimum Gasteiger partial charge on any atom is -0.549 e. The van der Waals surface area contributed by atoms with Crippen molar-refractivity contribution in [3.63, 3.8) is 0 Å². The largest absolute Gasteiger partial charge is 2.00 e. The second-order valence-corrected chi connectivity index (χ2v) is 2.20. The third-order valence-electron chi connectivity index (χ3n) is 1.02. The molecule has 0 aliphatic carbocycles. The van der Waals surface area contributed by atoms with Crippen LogP contribution in [0.2, 0.25) is 0 Å². The zero-order valence-corrected chi connectivity index (χ0v) is 9.31. The van der Waals surface area contributed by atoms with Crippen LogP contribution in [-0.2, 0) is 29.1 Å². The standard InChI is InChI=1S/C5H8O4.H2O.Zn/c1-5(2,3(6)7)4(8)9;;/h1-2H3,(H,6,7)(H,8,9);1H2;/q;;+2/p-2. The van der Waals surface area contributed by atoms with Gasteiger partial charge in [-0.15, -0.1) is 0 Å². The van der Waals surface area contributed by atoms with Gasteiger partial charge in [-0.3, -0.25) is 0 Å². The average Bonchev–Trinajstić information content (AvgIpc) is 1.65. The third kappa shape index (κ3) is 4.06. The molecule has 0 amide bonds. The third-order valence-corrected chi connectivity index (χ3v) is 1.02. The molecule has 0 aromatic rings. The Morgan fingerprint density at radius 2 is 1.27 bits per heavy atom. The van der Waals surface area contributed by atoms with Gasteiger partial charge in [-0.1, -0.05) is 0 Å². The van der Waals surface area contributed by atoms with E-state index in [2.05, 4.69) is 0 Å². The van der Waals surface area contributed by atoms with Crippen LogP contribution in [0.4, 0.5) is 0 Å². The Morgan fingerprint density at radius 1 is 1.09 bits per heavy atom. The first kappa shape index (κ1) is 16.9. The van der Waals surface area contributed by atoms with E-state index in [1.165, 1.54) is 0 Å². The molecule has 0 unspecified atom stereocenters. The Balaban J connectivity index is -0.000000320. The van der Waals surface area contributed by atoms with Crippen LogP contribution in [0.5, 0.6) is 0 Å². The molecule has 0 saturated carbocycles. The number of hydrogen-bond donors (Lipinski definition) is 0. The molecule has 60 valence electrons. The monoisotopic (exact) mass is 212 g/mol. The topological polar surface area (TPSA) is 112 Å². The van der Waals surface area contributed by atoms with Gasteiger partial charge in [0, 0.05) is 5.41 Å². The summed E-state index contributed by atoms with van der Waals surface area (Å²) in [4.78, 5) is 19.9. The molecule has 0 atom stereocenters. The molecular formula is C5H8O5Zn. The summed E-state index contributed by atoms with van der Waals surface area (Å²) in [5, 5.41) is 19.9. The summed E-state index contributed by atoms with van der Waals surface area (Å²) in [5.74, 6) is -3.27. The Labute approximate surface area is 76.5 Å². The van der Waals surface area contributed by atoms with E-state index in [9.17, 15) is 19.8 Å². The van der Waals surface area contributed by atoms with Crippen molar-refractivity contribution in [1.82, 2.24) is 0 Å². The zero-order chi connectivity index (χ0) is 7.65. The maximum atomic E-state index is 9.93. The molecule has 0 aromatic heterocycles. The zero-order valence-electron chi connectivity index (χ0n) is 6.34. The summed E-state index contributed by atoms with van der Waals surface area (Å²) in [6.07, 6.45) is 0. The Bertz CT molecular complexity index is 137. The normalized spacial score (nSPS) is 8.91. The molecule has 6 heteroatoms. The van der Waals surface area contributed by atoms with Crippen LogP contribution in [-0.4, -0.2) is 17.4 Å². The van der Waals surface area contributed by atoms with Crippen LogP contribution in [0.25, 0.3) is 0 Å². The number of rotatable bonds is 2. The summed E-state index contributed by atoms with van der Waals surface area (Å²) in [6.45, 7) is 2.02. The predicted molar refractivity (Wildman–Crippen MR) is 27.4 cm³/mol. The van der Waals surface area contributed by atoms with Crippen molar-refractivity contribution in [3.05, 3.63) is 0 Å². The summed E-state index contributed by atoms with van der Waals surface area (Å²) in [6, 6.07) is 0. The molecule has 11 heavy (non-hydrogen) atoms. The van der Waals surface area contributed by atoms with Crippen LogP contribution < -0.4 is 10.2 Å². The van der Waals surface area contributed by atoms with E-state index in [1.807, 2.05) is 0 Å². The van der Waals surface area contributed by atoms with Gasteiger partial charge in [0.2, 0.25) is 0 Å². The van der Waals surface area contributed by atoms with Crippen LogP contribution in [0, 0.1) is 5.41 Å². The smallest absolute Gasteiger partial charge is 0.549 e. The molecule has 0 fully saturated rings. The fourth-order valence-corrected chi connectivity index (χ4v) is 0.0833. The van der Waals surface area contributed by atoms with Gasteiger partial charge in [0.05, 0.1) is 11.9 Å². The van der Waals surface area contributed by atoms with Crippen LogP contribution in [0.1, 0.15) is 13.8 Å². The Hall–Kier alpha value is -0.477. The SMILES string of the molecule is CC(C)(C(=O)[O-])C(=O)[O-].O.[Zn+2]. The van der Waals surface area contributed by atoms with E-state index in [4.69, 9.17) is 0 Å². The molecule has 5 nitrogen and oxygen atoms in total. The summed E-state index contributed by atoms with van der Waals surface area (Å²) >= 11 is 0. The van der Waals surface area contributed by atoms with Crippen molar-refractivity contribution in [2.24, 2.45) is 5.41 Å². The molecule has 0 aliphatic heterocycles. The molecule has 0 aromatic carbocycles. The van der Waals surface area contributed by atoms with Gasteiger partial charge in [0.25, 0.3) is 0 Å². The number of carbonyl (C=O) groups excluding carboxylic acids is 2. The van der Waals surface area contributed by atoms with Crippen molar-refractivity contribution in [1.29, 1.82) is 0 Å². The van der Waals surface area contributed by atoms with Crippen molar-refractivity contribution in [3.8, 4) is 0 Å². The number of carboxylic acid groups (broad SMARTS) is 2. The van der Waals surface area contributed by atoms with Crippen molar-refractivity contribution >= 4 is 11.9 Å². The Kier molecular flexibility index (Phi) is 7.99. The fourth-order valence-electron chi connectivity index (χ4n) is 0.0833. The first-order chi connectivity index (χ1) is 3.89. The van der Waals surface area contributed by atoms with Crippen molar-refractivity contribution in [2.45, 2.75) is 13.8 Å². The Morgan fingerprint density at radius 3 is 1.27 bits per heavy atom. The maximum Gasteiger partial charge on any atom is 2.00 e. The number of carbonyl (C=O) groups is 2. The van der Waals surface area contributed by atoms with Gasteiger partial charge in [-0.25, -0.2) is 0 Å². The van der Waals surface area contributed by atoms with Gasteiger partial charge in [0.15, 0.2) is 0 Å². The number of aliphatic carboxylic acids is 2. The van der Waals surface area contributed by atoms with Gasteiger partial charge >= 0.3 is 19.5 Å². The first-order valence-corrected chi connectivity index (χ1v) is 2.32. The molecule has 0 heterocycles. The van der Waals surface area contributed by atoms with Gasteiger partial charge in [0.1, 0.15) is 0 Å². The van der Waals surface area contributed by atoms with E-state index in [0.717, 1.165) is 13.8 Å². The molecular weight excluding hydrogens is 205 g/mol. The molecule has 0 bridgehead atoms. The first-order valence-electron chi connectivity index (χ1n) is 2.32. The molecule has 0 rings (SSSR count). The van der Waals surface area contributed by atoms with E-state index < -0.39 is 17.4 Å². The predicted octanol–water partition coefficient (Wildman–Crippen LogP) is -3.31. The molecule has 0 radical (unpaired) electrons. The van der Waals surface area contributed by atoms with Crippen molar-refractivity contribution in [2.75, 3.05) is 0 Å². The minimum absolute atomic E-state index is 0. The quantitative estimate of drug-likeness (QED) is 0.353. The van der Waals surface area contributed by atoms with Crippen LogP contribution in [0.15, 0.2) is 0 Å². The number of hydrogen-bond acceptors (Lipinski definition) is 4. The fraction of sp³-hybridized carbons (Fsp3) is 0.600. The summed E-state index contributed by atoms with van der Waals surface area (Å²) in [7, 11) is 0. The van der Waals surface area contributed by atoms with Gasteiger partial charge in [-0.05, 0) is 13.8 Å². The molecule has 0 saturated heterocycles. The summed E-state index contributed by atoms with van der Waals surface area (Å²) in [5.41, 5.74) is -1.89. The van der Waals surface area contributed by atoms with E-state index in [-0.39, 0.29) is 25.0 Å². The van der Waals surface area contributed by atoms with Gasteiger partial charge < -0.3 is 25.3 Å². The maximum absolute atomic E-state index is 9.93. The average molecular weight is 214 g/mol. The second-order valence-electron chi connectivity index (χ2n) is 2.20. The van der Waals surface area contributed by atoms with E-state index in [1.54, 1.807) is 0 Å². The van der Waals surface area contributed by atoms with E-state index >= 15 is 0 Å². The number of carboxylic acids is 2. The van der Waals surface area contributed by atoms with Crippen LogP contribution >= 0.6 is 0 Å². The molecule has 2 N–H and O–H groups in total. The van der Waals surface area contributed by atoms with E-state index in [0.29, 0.717) is 0 Å². The molecule has 0 aliphatic rings. The van der Waals surface area contributed by atoms with Crippen molar-refractivity contribution < 1.29 is 44.8 Å². The second kappa shape index (κ2) is 5.21. The minimum atomic E-state index is -1.89. The molecule has 0 spiro atoms. The summed E-state index contributed by atoms with van der Waals surface area (Å²) < 4.78 is 0. The van der Waals surface area contributed by atoms with Crippen LogP contribution in [0.3, 0.4) is 0 Å². The van der Waals surface area contributed by atoms with Gasteiger partial charge in [-0.2, -0.15) is 0 Å².